The van der Waals surface area contributed by atoms with Gasteiger partial charge in [0.1, 0.15) is 23.2 Å². The molecule has 3 rings (SSSR count). The second-order valence-corrected chi connectivity index (χ2v) is 5.96. The smallest absolute Gasteiger partial charge is 0.142 e. The average molecular weight is 350 g/mol. The highest BCUT2D eigenvalue weighted by Crippen LogP contribution is 2.42. The molecule has 1 heterocycles. The molecule has 0 saturated heterocycles. The number of rotatable bonds is 3. The Bertz CT molecular complexity index is 975. The van der Waals surface area contributed by atoms with Crippen molar-refractivity contribution in [3.05, 3.63) is 64.8 Å². The van der Waals surface area contributed by atoms with Crippen LogP contribution in [-0.4, -0.2) is 12.1 Å². The molecule has 0 aliphatic carbocycles. The fourth-order valence-corrected chi connectivity index (χ4v) is 3.05. The Hall–Kier alpha value is -3.03. The number of pyridine rings is 1. The molecule has 124 valence electrons. The maximum Gasteiger partial charge on any atom is 0.142 e. The van der Waals surface area contributed by atoms with Crippen molar-refractivity contribution in [1.82, 2.24) is 4.98 Å². The van der Waals surface area contributed by atoms with E-state index in [0.29, 0.717) is 16.3 Å². The number of aromatic nitrogens is 1. The van der Waals surface area contributed by atoms with E-state index in [1.807, 2.05) is 43.3 Å². The van der Waals surface area contributed by atoms with Gasteiger partial charge in [-0.15, -0.1) is 0 Å². The summed E-state index contributed by atoms with van der Waals surface area (Å²) in [6.07, 6.45) is 0. The van der Waals surface area contributed by atoms with Gasteiger partial charge in [0.25, 0.3) is 0 Å². The first-order chi connectivity index (χ1) is 12.1. The minimum absolute atomic E-state index is 0.212. The summed E-state index contributed by atoms with van der Waals surface area (Å²) in [5.41, 5.74) is 10.4. The van der Waals surface area contributed by atoms with Crippen molar-refractivity contribution >= 4 is 17.4 Å². The van der Waals surface area contributed by atoms with Gasteiger partial charge in [0, 0.05) is 27.4 Å². The zero-order valence-corrected chi connectivity index (χ0v) is 14.6. The molecular formula is C20H16ClN3O. The molecule has 0 spiro atoms. The lowest BCUT2D eigenvalue weighted by atomic mass is 9.90. The summed E-state index contributed by atoms with van der Waals surface area (Å²) in [5.74, 6) is 0.917. The molecule has 0 saturated carbocycles. The number of halogens is 1. The van der Waals surface area contributed by atoms with Gasteiger partial charge < -0.3 is 10.5 Å². The Kier molecular flexibility index (Phi) is 4.60. The van der Waals surface area contributed by atoms with Crippen LogP contribution in [0.25, 0.3) is 22.3 Å². The van der Waals surface area contributed by atoms with Crippen LogP contribution in [0.2, 0.25) is 5.02 Å². The molecule has 0 bridgehead atoms. The van der Waals surface area contributed by atoms with Crippen molar-refractivity contribution in [2.24, 2.45) is 0 Å². The van der Waals surface area contributed by atoms with E-state index in [1.54, 1.807) is 19.2 Å². The molecule has 3 aromatic rings. The molecule has 0 amide bonds. The third-order valence-corrected chi connectivity index (χ3v) is 4.28. The summed E-state index contributed by atoms with van der Waals surface area (Å²) in [7, 11) is 1.62. The first kappa shape index (κ1) is 16.8. The van der Waals surface area contributed by atoms with Crippen LogP contribution in [0, 0.1) is 18.3 Å². The van der Waals surface area contributed by atoms with Crippen molar-refractivity contribution in [2.75, 3.05) is 12.8 Å². The van der Waals surface area contributed by atoms with E-state index in [0.717, 1.165) is 27.9 Å². The number of hydrogen-bond donors (Lipinski definition) is 1. The Labute approximate surface area is 151 Å². The summed E-state index contributed by atoms with van der Waals surface area (Å²) in [4.78, 5) is 4.37. The third-order valence-electron chi connectivity index (χ3n) is 4.03. The number of nitrogens with zero attached hydrogens (tertiary/aromatic N) is 2. The SMILES string of the molecule is COc1ccccc1-c1c(C)nc(N)c(C#N)c1-c1ccc(Cl)cc1. The first-order valence-corrected chi connectivity index (χ1v) is 8.04. The van der Waals surface area contributed by atoms with Gasteiger partial charge in [0.05, 0.1) is 7.11 Å². The van der Waals surface area contributed by atoms with E-state index in [-0.39, 0.29) is 5.82 Å². The zero-order valence-electron chi connectivity index (χ0n) is 13.9. The summed E-state index contributed by atoms with van der Waals surface area (Å²) < 4.78 is 5.51. The molecule has 2 aromatic carbocycles. The molecular weight excluding hydrogens is 334 g/mol. The van der Waals surface area contributed by atoms with E-state index >= 15 is 0 Å². The maximum atomic E-state index is 9.68. The standard InChI is InChI=1S/C20H16ClN3O/c1-12-18(15-5-3-4-6-17(15)25-2)19(16(11-22)20(23)24-12)13-7-9-14(21)10-8-13/h3-10H,1-2H3,(H2,23,24). The molecule has 0 aliphatic rings. The van der Waals surface area contributed by atoms with E-state index in [4.69, 9.17) is 22.1 Å². The molecule has 2 N–H and O–H groups in total. The summed E-state index contributed by atoms with van der Waals surface area (Å²) in [5, 5.41) is 10.3. The average Bonchev–Trinajstić information content (AvgIpc) is 2.62. The normalized spacial score (nSPS) is 10.3. The quantitative estimate of drug-likeness (QED) is 0.734. The van der Waals surface area contributed by atoms with Gasteiger partial charge in [0.2, 0.25) is 0 Å². The van der Waals surface area contributed by atoms with Gasteiger partial charge in [0.15, 0.2) is 0 Å². The molecule has 0 radical (unpaired) electrons. The molecule has 25 heavy (non-hydrogen) atoms. The van der Waals surface area contributed by atoms with Crippen molar-refractivity contribution in [3.63, 3.8) is 0 Å². The monoisotopic (exact) mass is 349 g/mol. The minimum Gasteiger partial charge on any atom is -0.496 e. The fourth-order valence-electron chi connectivity index (χ4n) is 2.93. The summed E-state index contributed by atoms with van der Waals surface area (Å²) in [6.45, 7) is 1.87. The molecule has 4 nitrogen and oxygen atoms in total. The van der Waals surface area contributed by atoms with Gasteiger partial charge in [-0.25, -0.2) is 4.98 Å². The van der Waals surface area contributed by atoms with Gasteiger partial charge >= 0.3 is 0 Å². The summed E-state index contributed by atoms with van der Waals surface area (Å²) >= 11 is 6.02. The predicted molar refractivity (Wildman–Crippen MR) is 101 cm³/mol. The molecule has 0 atom stereocenters. The highest BCUT2D eigenvalue weighted by Gasteiger charge is 2.21. The number of anilines is 1. The number of aryl methyl sites for hydroxylation is 1. The van der Waals surface area contributed by atoms with E-state index in [2.05, 4.69) is 11.1 Å². The van der Waals surface area contributed by atoms with Crippen LogP contribution >= 0.6 is 11.6 Å². The molecule has 5 heteroatoms. The first-order valence-electron chi connectivity index (χ1n) is 7.66. The fraction of sp³-hybridized carbons (Fsp3) is 0.100. The second-order valence-electron chi connectivity index (χ2n) is 5.53. The number of nitriles is 1. The third kappa shape index (κ3) is 3.02. The second kappa shape index (κ2) is 6.84. The Morgan fingerprint density at radius 3 is 2.40 bits per heavy atom. The van der Waals surface area contributed by atoms with Gasteiger partial charge in [-0.1, -0.05) is 41.9 Å². The lowest BCUT2D eigenvalue weighted by Crippen LogP contribution is -2.04. The van der Waals surface area contributed by atoms with E-state index in [1.165, 1.54) is 0 Å². The topological polar surface area (TPSA) is 71.9 Å². The Morgan fingerprint density at radius 1 is 1.08 bits per heavy atom. The van der Waals surface area contributed by atoms with Gasteiger partial charge in [-0.2, -0.15) is 5.26 Å². The van der Waals surface area contributed by atoms with E-state index in [9.17, 15) is 5.26 Å². The number of methoxy groups -OCH3 is 1. The number of nitrogens with two attached hydrogens (primary N) is 1. The lowest BCUT2D eigenvalue weighted by Gasteiger charge is -2.18. The lowest BCUT2D eigenvalue weighted by molar-refractivity contribution is 0.416. The van der Waals surface area contributed by atoms with Crippen LogP contribution in [0.3, 0.4) is 0 Å². The Morgan fingerprint density at radius 2 is 1.76 bits per heavy atom. The Balaban J connectivity index is 2.43. The number of ether oxygens (including phenoxy) is 1. The van der Waals surface area contributed by atoms with Crippen molar-refractivity contribution < 1.29 is 4.74 Å². The van der Waals surface area contributed by atoms with Crippen molar-refractivity contribution in [1.29, 1.82) is 5.26 Å². The van der Waals surface area contributed by atoms with Crippen LogP contribution in [0.5, 0.6) is 5.75 Å². The maximum absolute atomic E-state index is 9.68. The molecule has 1 aromatic heterocycles. The largest absolute Gasteiger partial charge is 0.496 e. The van der Waals surface area contributed by atoms with Crippen LogP contribution in [-0.2, 0) is 0 Å². The van der Waals surface area contributed by atoms with Crippen LogP contribution < -0.4 is 10.5 Å². The van der Waals surface area contributed by atoms with Crippen molar-refractivity contribution in [3.8, 4) is 34.1 Å². The molecule has 0 unspecified atom stereocenters. The molecule has 0 aliphatic heterocycles. The van der Waals surface area contributed by atoms with Gasteiger partial charge in [-0.3, -0.25) is 0 Å². The number of benzene rings is 2. The van der Waals surface area contributed by atoms with Crippen LogP contribution in [0.4, 0.5) is 5.82 Å². The van der Waals surface area contributed by atoms with Gasteiger partial charge in [-0.05, 0) is 30.7 Å². The highest BCUT2D eigenvalue weighted by atomic mass is 35.5. The van der Waals surface area contributed by atoms with Crippen LogP contribution in [0.1, 0.15) is 11.3 Å². The predicted octanol–water partition coefficient (Wildman–Crippen LogP) is 4.84. The minimum atomic E-state index is 0.212. The van der Waals surface area contributed by atoms with E-state index < -0.39 is 0 Å². The molecule has 0 fully saturated rings. The zero-order chi connectivity index (χ0) is 18.0. The number of para-hydroxylation sites is 1. The number of nitrogen functional groups attached to an aromatic ring is 1. The summed E-state index contributed by atoms with van der Waals surface area (Å²) in [6, 6.07) is 17.2. The number of hydrogen-bond acceptors (Lipinski definition) is 4. The van der Waals surface area contributed by atoms with Crippen LogP contribution in [0.15, 0.2) is 48.5 Å². The van der Waals surface area contributed by atoms with Crippen molar-refractivity contribution in [2.45, 2.75) is 6.92 Å². The highest BCUT2D eigenvalue weighted by molar-refractivity contribution is 6.30.